The van der Waals surface area contributed by atoms with Gasteiger partial charge in [-0.05, 0) is 49.7 Å². The molecule has 2 aromatic carbocycles. The van der Waals surface area contributed by atoms with Crippen molar-refractivity contribution in [1.82, 2.24) is 4.90 Å². The molecule has 0 radical (unpaired) electrons. The van der Waals surface area contributed by atoms with Crippen LogP contribution in [0.5, 0.6) is 5.75 Å². The SMILES string of the molecule is CCN(CC)C(=O)c1ccc(NC(=O)[C@@H]2Cc3ccccc3O2)cc1. The van der Waals surface area contributed by atoms with Gasteiger partial charge in [0.1, 0.15) is 5.75 Å². The largest absolute Gasteiger partial charge is 0.480 e. The Balaban J connectivity index is 1.62. The smallest absolute Gasteiger partial charge is 0.265 e. The first-order chi connectivity index (χ1) is 12.1. The summed E-state index contributed by atoms with van der Waals surface area (Å²) in [5.74, 6) is 0.583. The molecule has 5 nitrogen and oxygen atoms in total. The Kier molecular flexibility index (Phi) is 5.03. The second-order valence-electron chi connectivity index (χ2n) is 5.96. The molecule has 1 N–H and O–H groups in total. The molecule has 0 saturated heterocycles. The number of rotatable bonds is 5. The molecular formula is C20H22N2O3. The predicted octanol–water partition coefficient (Wildman–Crippen LogP) is 3.11. The van der Waals surface area contributed by atoms with Gasteiger partial charge in [0.05, 0.1) is 0 Å². The summed E-state index contributed by atoms with van der Waals surface area (Å²) in [6, 6.07) is 14.6. The average Bonchev–Trinajstić information content (AvgIpc) is 3.07. The quantitative estimate of drug-likeness (QED) is 0.911. The number of fused-ring (bicyclic) bond motifs is 1. The van der Waals surface area contributed by atoms with Gasteiger partial charge >= 0.3 is 0 Å². The van der Waals surface area contributed by atoms with Gasteiger partial charge in [-0.1, -0.05) is 18.2 Å². The van der Waals surface area contributed by atoms with Crippen molar-refractivity contribution in [3.8, 4) is 5.75 Å². The number of carbonyl (C=O) groups excluding carboxylic acids is 2. The van der Waals surface area contributed by atoms with Gasteiger partial charge in [0.2, 0.25) is 0 Å². The third-order valence-corrected chi connectivity index (χ3v) is 4.39. The third-order valence-electron chi connectivity index (χ3n) is 4.39. The summed E-state index contributed by atoms with van der Waals surface area (Å²) < 4.78 is 5.69. The van der Waals surface area contributed by atoms with Crippen LogP contribution in [0, 0.1) is 0 Å². The van der Waals surface area contributed by atoms with Gasteiger partial charge in [0.25, 0.3) is 11.8 Å². The Hall–Kier alpha value is -2.82. The number of nitrogens with zero attached hydrogens (tertiary/aromatic N) is 1. The number of anilines is 1. The summed E-state index contributed by atoms with van der Waals surface area (Å²) in [7, 11) is 0. The van der Waals surface area contributed by atoms with Crippen LogP contribution in [0.3, 0.4) is 0 Å². The molecule has 0 saturated carbocycles. The minimum absolute atomic E-state index is 0.00236. The van der Waals surface area contributed by atoms with Gasteiger partial charge in [-0.3, -0.25) is 9.59 Å². The van der Waals surface area contributed by atoms with E-state index in [4.69, 9.17) is 4.74 Å². The average molecular weight is 338 g/mol. The summed E-state index contributed by atoms with van der Waals surface area (Å²) in [5, 5.41) is 2.85. The van der Waals surface area contributed by atoms with Crippen LogP contribution < -0.4 is 10.1 Å². The Morgan fingerprint density at radius 2 is 1.76 bits per heavy atom. The molecule has 130 valence electrons. The maximum atomic E-state index is 12.4. The van der Waals surface area contributed by atoms with E-state index in [1.165, 1.54) is 0 Å². The van der Waals surface area contributed by atoms with E-state index in [2.05, 4.69) is 5.32 Å². The molecule has 1 aliphatic heterocycles. The fourth-order valence-electron chi connectivity index (χ4n) is 2.94. The van der Waals surface area contributed by atoms with Gasteiger partial charge in [-0.2, -0.15) is 0 Å². The maximum absolute atomic E-state index is 12.4. The monoisotopic (exact) mass is 338 g/mol. The van der Waals surface area contributed by atoms with E-state index >= 15 is 0 Å². The van der Waals surface area contributed by atoms with Crippen molar-refractivity contribution in [2.45, 2.75) is 26.4 Å². The first kappa shape index (κ1) is 17.0. The number of hydrogen-bond donors (Lipinski definition) is 1. The number of benzene rings is 2. The summed E-state index contributed by atoms with van der Waals surface area (Å²) in [4.78, 5) is 26.4. The van der Waals surface area contributed by atoms with Crippen molar-refractivity contribution in [2.75, 3.05) is 18.4 Å². The molecule has 3 rings (SSSR count). The Morgan fingerprint density at radius 1 is 1.08 bits per heavy atom. The Bertz CT molecular complexity index is 742. The van der Waals surface area contributed by atoms with Crippen molar-refractivity contribution in [2.24, 2.45) is 0 Å². The van der Waals surface area contributed by atoms with E-state index in [1.807, 2.05) is 38.1 Å². The van der Waals surface area contributed by atoms with Crippen LogP contribution in [0.1, 0.15) is 29.8 Å². The molecule has 5 heteroatoms. The van der Waals surface area contributed by atoms with E-state index in [9.17, 15) is 9.59 Å². The number of nitrogens with one attached hydrogen (secondary N) is 1. The summed E-state index contributed by atoms with van der Waals surface area (Å²) in [5.41, 5.74) is 2.31. The minimum Gasteiger partial charge on any atom is -0.480 e. The number of hydrogen-bond acceptors (Lipinski definition) is 3. The molecular weight excluding hydrogens is 316 g/mol. The van der Waals surface area contributed by atoms with Gasteiger partial charge in [0, 0.05) is 30.8 Å². The van der Waals surface area contributed by atoms with Gasteiger partial charge in [-0.15, -0.1) is 0 Å². The van der Waals surface area contributed by atoms with Gasteiger partial charge in [0.15, 0.2) is 6.10 Å². The van der Waals surface area contributed by atoms with Crippen LogP contribution in [-0.4, -0.2) is 35.9 Å². The second-order valence-corrected chi connectivity index (χ2v) is 5.96. The molecule has 1 heterocycles. The molecule has 0 aromatic heterocycles. The lowest BCUT2D eigenvalue weighted by Gasteiger charge is -2.18. The maximum Gasteiger partial charge on any atom is 0.265 e. The van der Waals surface area contributed by atoms with Crippen molar-refractivity contribution < 1.29 is 14.3 Å². The molecule has 0 fully saturated rings. The van der Waals surface area contributed by atoms with Crippen molar-refractivity contribution in [3.05, 3.63) is 59.7 Å². The first-order valence-electron chi connectivity index (χ1n) is 8.57. The highest BCUT2D eigenvalue weighted by molar-refractivity contribution is 5.97. The number of para-hydroxylation sites is 1. The minimum atomic E-state index is -0.519. The Labute approximate surface area is 147 Å². The highest BCUT2D eigenvalue weighted by atomic mass is 16.5. The van der Waals surface area contributed by atoms with Gasteiger partial charge < -0.3 is 15.0 Å². The first-order valence-corrected chi connectivity index (χ1v) is 8.57. The highest BCUT2D eigenvalue weighted by Crippen LogP contribution is 2.28. The lowest BCUT2D eigenvalue weighted by Crippen LogP contribution is -2.31. The lowest BCUT2D eigenvalue weighted by molar-refractivity contribution is -0.122. The Morgan fingerprint density at radius 3 is 2.40 bits per heavy atom. The molecule has 0 aliphatic carbocycles. The van der Waals surface area contributed by atoms with Crippen LogP contribution in [0.4, 0.5) is 5.69 Å². The number of carbonyl (C=O) groups is 2. The molecule has 1 aliphatic rings. The predicted molar refractivity (Wildman–Crippen MR) is 96.9 cm³/mol. The normalized spacial score (nSPS) is 15.2. The van der Waals surface area contributed by atoms with Crippen LogP contribution in [0.15, 0.2) is 48.5 Å². The molecule has 0 unspecified atom stereocenters. The molecule has 1 atom stereocenters. The van der Waals surface area contributed by atoms with Crippen molar-refractivity contribution >= 4 is 17.5 Å². The number of amides is 2. The zero-order chi connectivity index (χ0) is 17.8. The van der Waals surface area contributed by atoms with Gasteiger partial charge in [-0.25, -0.2) is 0 Å². The van der Waals surface area contributed by atoms with E-state index in [0.717, 1.165) is 11.3 Å². The van der Waals surface area contributed by atoms with E-state index < -0.39 is 6.10 Å². The third kappa shape index (κ3) is 3.65. The molecule has 0 bridgehead atoms. The summed E-state index contributed by atoms with van der Waals surface area (Å²) in [6.45, 7) is 5.26. The standard InChI is InChI=1S/C20H22N2O3/c1-3-22(4-2)20(24)14-9-11-16(12-10-14)21-19(23)18-13-15-7-5-6-8-17(15)25-18/h5-12,18H,3-4,13H2,1-2H3,(H,21,23)/t18-/m0/s1. The van der Waals surface area contributed by atoms with Crippen LogP contribution in [0.25, 0.3) is 0 Å². The molecule has 2 aromatic rings. The molecule has 0 spiro atoms. The summed E-state index contributed by atoms with van der Waals surface area (Å²) in [6.07, 6.45) is 0.0509. The zero-order valence-electron chi connectivity index (χ0n) is 14.5. The lowest BCUT2D eigenvalue weighted by atomic mass is 10.1. The topological polar surface area (TPSA) is 58.6 Å². The van der Waals surface area contributed by atoms with Crippen LogP contribution >= 0.6 is 0 Å². The van der Waals surface area contributed by atoms with Crippen LogP contribution in [0.2, 0.25) is 0 Å². The van der Waals surface area contributed by atoms with Crippen molar-refractivity contribution in [1.29, 1.82) is 0 Å². The number of ether oxygens (including phenoxy) is 1. The van der Waals surface area contributed by atoms with E-state index in [0.29, 0.717) is 30.8 Å². The van der Waals surface area contributed by atoms with E-state index in [-0.39, 0.29) is 11.8 Å². The fraction of sp³-hybridized carbons (Fsp3) is 0.300. The second kappa shape index (κ2) is 7.38. The zero-order valence-corrected chi connectivity index (χ0v) is 14.5. The van der Waals surface area contributed by atoms with Crippen LogP contribution in [-0.2, 0) is 11.2 Å². The molecule has 25 heavy (non-hydrogen) atoms. The summed E-state index contributed by atoms with van der Waals surface area (Å²) >= 11 is 0. The van der Waals surface area contributed by atoms with Crippen molar-refractivity contribution in [3.63, 3.8) is 0 Å². The van der Waals surface area contributed by atoms with E-state index in [1.54, 1.807) is 29.2 Å². The molecule has 2 amide bonds. The highest BCUT2D eigenvalue weighted by Gasteiger charge is 2.28. The fourth-order valence-corrected chi connectivity index (χ4v) is 2.94.